The summed E-state index contributed by atoms with van der Waals surface area (Å²) in [5.74, 6) is 0.237. The number of nitrogens with zero attached hydrogens (tertiary/aromatic N) is 4. The van der Waals surface area contributed by atoms with Crippen LogP contribution in [0.2, 0.25) is 0 Å². The van der Waals surface area contributed by atoms with E-state index in [1.54, 1.807) is 11.2 Å². The average Bonchev–Trinajstić information content (AvgIpc) is 2.84. The Bertz CT molecular complexity index is 409. The predicted octanol–water partition coefficient (Wildman–Crippen LogP) is 0.0229. The van der Waals surface area contributed by atoms with Crippen molar-refractivity contribution in [3.63, 3.8) is 0 Å². The van der Waals surface area contributed by atoms with Crippen molar-refractivity contribution in [2.45, 2.75) is 25.6 Å². The number of amides is 1. The van der Waals surface area contributed by atoms with E-state index in [0.29, 0.717) is 0 Å². The van der Waals surface area contributed by atoms with Crippen molar-refractivity contribution in [2.24, 2.45) is 0 Å². The number of aromatic nitrogens is 2. The molecule has 1 amide bonds. The van der Waals surface area contributed by atoms with Crippen molar-refractivity contribution in [2.75, 3.05) is 13.6 Å². The molecule has 1 aromatic rings. The molecule has 1 unspecified atom stereocenters. The van der Waals surface area contributed by atoms with Crippen molar-refractivity contribution in [3.05, 3.63) is 23.8 Å². The van der Waals surface area contributed by atoms with Crippen LogP contribution in [-0.4, -0.2) is 45.3 Å². The highest BCUT2D eigenvalue weighted by molar-refractivity contribution is 5.83. The minimum absolute atomic E-state index is 0.0409. The first-order valence-electron chi connectivity index (χ1n) is 5.52. The van der Waals surface area contributed by atoms with Crippen molar-refractivity contribution in [1.82, 2.24) is 19.8 Å². The lowest BCUT2D eigenvalue weighted by Crippen LogP contribution is -2.37. The van der Waals surface area contributed by atoms with Gasteiger partial charge in [-0.3, -0.25) is 9.69 Å². The van der Waals surface area contributed by atoms with Gasteiger partial charge in [0.25, 0.3) is 0 Å². The largest absolute Gasteiger partial charge is 0.344 e. The molecule has 2 aliphatic heterocycles. The summed E-state index contributed by atoms with van der Waals surface area (Å²) in [7, 11) is 1.87. The van der Waals surface area contributed by atoms with Crippen molar-refractivity contribution in [3.8, 4) is 0 Å². The van der Waals surface area contributed by atoms with Gasteiger partial charge in [0, 0.05) is 38.4 Å². The first kappa shape index (κ1) is 9.72. The first-order valence-corrected chi connectivity index (χ1v) is 5.52. The topological polar surface area (TPSA) is 49.3 Å². The number of hydrogen-bond acceptors (Lipinski definition) is 4. The minimum atomic E-state index is 0.0409. The van der Waals surface area contributed by atoms with Gasteiger partial charge in [0.1, 0.15) is 6.33 Å². The molecule has 0 radical (unpaired) electrons. The maximum absolute atomic E-state index is 11.9. The monoisotopic (exact) mass is 218 g/mol. The third-order valence-corrected chi connectivity index (χ3v) is 3.45. The summed E-state index contributed by atoms with van der Waals surface area (Å²) in [6, 6.07) is 0.0409. The van der Waals surface area contributed by atoms with E-state index in [2.05, 4.69) is 14.9 Å². The molecule has 5 heteroatoms. The second-order valence-electron chi connectivity index (χ2n) is 4.46. The van der Waals surface area contributed by atoms with Gasteiger partial charge in [-0.05, 0) is 6.42 Å². The smallest absolute Gasteiger partial charge is 0.239 e. The maximum atomic E-state index is 11.9. The SMILES string of the molecule is CN1CCC(N2Cc3cncnc3C2)C1=O. The molecule has 0 bridgehead atoms. The molecule has 3 heterocycles. The van der Waals surface area contributed by atoms with E-state index < -0.39 is 0 Å². The molecule has 1 fully saturated rings. The van der Waals surface area contributed by atoms with E-state index in [9.17, 15) is 4.79 Å². The molecule has 0 aliphatic carbocycles. The van der Waals surface area contributed by atoms with Crippen LogP contribution >= 0.6 is 0 Å². The molecule has 2 aliphatic rings. The van der Waals surface area contributed by atoms with Crippen LogP contribution in [0.1, 0.15) is 17.7 Å². The maximum Gasteiger partial charge on any atom is 0.239 e. The van der Waals surface area contributed by atoms with Crippen molar-refractivity contribution >= 4 is 5.91 Å². The Morgan fingerprint density at radius 2 is 2.31 bits per heavy atom. The molecule has 16 heavy (non-hydrogen) atoms. The second kappa shape index (κ2) is 3.52. The summed E-state index contributed by atoms with van der Waals surface area (Å²) >= 11 is 0. The molecule has 1 aromatic heterocycles. The minimum Gasteiger partial charge on any atom is -0.344 e. The van der Waals surface area contributed by atoms with Crippen LogP contribution in [0, 0.1) is 0 Å². The fourth-order valence-electron chi connectivity index (χ4n) is 2.49. The third kappa shape index (κ3) is 1.39. The van der Waals surface area contributed by atoms with E-state index in [4.69, 9.17) is 0 Å². The van der Waals surface area contributed by atoms with Gasteiger partial charge in [-0.1, -0.05) is 0 Å². The Morgan fingerprint density at radius 1 is 1.44 bits per heavy atom. The lowest BCUT2D eigenvalue weighted by Gasteiger charge is -2.21. The average molecular weight is 218 g/mol. The zero-order valence-corrected chi connectivity index (χ0v) is 9.26. The predicted molar refractivity (Wildman–Crippen MR) is 57.3 cm³/mol. The van der Waals surface area contributed by atoms with Gasteiger partial charge >= 0.3 is 0 Å². The van der Waals surface area contributed by atoms with E-state index in [-0.39, 0.29) is 11.9 Å². The fourth-order valence-corrected chi connectivity index (χ4v) is 2.49. The lowest BCUT2D eigenvalue weighted by molar-refractivity contribution is -0.131. The Balaban J connectivity index is 1.79. The molecule has 0 spiro atoms. The van der Waals surface area contributed by atoms with E-state index in [1.165, 1.54) is 0 Å². The molecular formula is C11H14N4O. The lowest BCUT2D eigenvalue weighted by atomic mass is 10.2. The number of hydrogen-bond donors (Lipinski definition) is 0. The first-order chi connectivity index (χ1) is 7.75. The van der Waals surface area contributed by atoms with Gasteiger partial charge in [0.2, 0.25) is 5.91 Å². The summed E-state index contributed by atoms with van der Waals surface area (Å²) in [6.07, 6.45) is 4.35. The van der Waals surface area contributed by atoms with Gasteiger partial charge in [0.15, 0.2) is 0 Å². The molecule has 3 rings (SSSR count). The van der Waals surface area contributed by atoms with Crippen molar-refractivity contribution < 1.29 is 4.79 Å². The highest BCUT2D eigenvalue weighted by atomic mass is 16.2. The Kier molecular flexibility index (Phi) is 2.14. The summed E-state index contributed by atoms with van der Waals surface area (Å²) in [5.41, 5.74) is 2.22. The standard InChI is InChI=1S/C11H14N4O/c1-14-3-2-10(11(14)16)15-5-8-4-12-7-13-9(8)6-15/h4,7,10H,2-3,5-6H2,1H3. The highest BCUT2D eigenvalue weighted by Crippen LogP contribution is 2.26. The summed E-state index contributed by atoms with van der Waals surface area (Å²) in [4.78, 5) is 24.2. The van der Waals surface area contributed by atoms with Crippen molar-refractivity contribution in [1.29, 1.82) is 0 Å². The number of likely N-dealkylation sites (tertiary alicyclic amines) is 1. The van der Waals surface area contributed by atoms with E-state index in [0.717, 1.165) is 37.3 Å². The zero-order valence-electron chi connectivity index (χ0n) is 9.26. The van der Waals surface area contributed by atoms with Gasteiger partial charge in [-0.25, -0.2) is 9.97 Å². The molecule has 0 N–H and O–H groups in total. The van der Waals surface area contributed by atoms with E-state index in [1.807, 2.05) is 13.2 Å². The summed E-state index contributed by atoms with van der Waals surface area (Å²) in [6.45, 7) is 2.45. The molecule has 5 nitrogen and oxygen atoms in total. The Hall–Kier alpha value is -1.49. The van der Waals surface area contributed by atoms with Crippen LogP contribution in [-0.2, 0) is 17.9 Å². The number of carbonyl (C=O) groups is 1. The fraction of sp³-hybridized carbons (Fsp3) is 0.545. The van der Waals surface area contributed by atoms with Gasteiger partial charge in [-0.2, -0.15) is 0 Å². The van der Waals surface area contributed by atoms with Crippen LogP contribution in [0.15, 0.2) is 12.5 Å². The van der Waals surface area contributed by atoms with Gasteiger partial charge < -0.3 is 4.90 Å². The van der Waals surface area contributed by atoms with Crippen LogP contribution in [0.4, 0.5) is 0 Å². The van der Waals surface area contributed by atoms with Crippen LogP contribution < -0.4 is 0 Å². The molecule has 84 valence electrons. The van der Waals surface area contributed by atoms with Crippen LogP contribution in [0.5, 0.6) is 0 Å². The normalized spacial score (nSPS) is 25.2. The van der Waals surface area contributed by atoms with Crippen LogP contribution in [0.3, 0.4) is 0 Å². The zero-order chi connectivity index (χ0) is 11.1. The number of likely N-dealkylation sites (N-methyl/N-ethyl adjacent to an activating group) is 1. The van der Waals surface area contributed by atoms with Gasteiger partial charge in [-0.15, -0.1) is 0 Å². The Morgan fingerprint density at radius 3 is 3.00 bits per heavy atom. The number of carbonyl (C=O) groups excluding carboxylic acids is 1. The third-order valence-electron chi connectivity index (χ3n) is 3.45. The van der Waals surface area contributed by atoms with Gasteiger partial charge in [0.05, 0.1) is 11.7 Å². The quantitative estimate of drug-likeness (QED) is 0.667. The Labute approximate surface area is 94.1 Å². The second-order valence-corrected chi connectivity index (χ2v) is 4.46. The highest BCUT2D eigenvalue weighted by Gasteiger charge is 2.36. The molecular weight excluding hydrogens is 204 g/mol. The number of rotatable bonds is 1. The van der Waals surface area contributed by atoms with E-state index >= 15 is 0 Å². The molecule has 0 saturated carbocycles. The van der Waals surface area contributed by atoms with Crippen LogP contribution in [0.25, 0.3) is 0 Å². The molecule has 1 atom stereocenters. The summed E-state index contributed by atoms with van der Waals surface area (Å²) < 4.78 is 0. The molecule has 0 aromatic carbocycles. The summed E-state index contributed by atoms with van der Waals surface area (Å²) in [5, 5.41) is 0. The molecule has 1 saturated heterocycles. The number of fused-ring (bicyclic) bond motifs is 1.